The van der Waals surface area contributed by atoms with Crippen LogP contribution in [0.15, 0.2) is 18.2 Å². The average Bonchev–Trinajstić information content (AvgIpc) is 1.94. The Kier molecular flexibility index (Phi) is 2.98. The summed E-state index contributed by atoms with van der Waals surface area (Å²) >= 11 is 5.83. The van der Waals surface area contributed by atoms with E-state index in [0.29, 0.717) is 10.8 Å². The van der Waals surface area contributed by atoms with Crippen LogP contribution in [-0.2, 0) is 0 Å². The quantitative estimate of drug-likeness (QED) is 0.688. The Morgan fingerprint density at radius 3 is 2.46 bits per heavy atom. The monoisotopic (exact) mass is 218 g/mol. The van der Waals surface area contributed by atoms with Gasteiger partial charge in [0.1, 0.15) is 11.6 Å². The van der Waals surface area contributed by atoms with Crippen molar-refractivity contribution in [3.8, 4) is 5.75 Å². The van der Waals surface area contributed by atoms with Crippen LogP contribution in [0, 0.1) is 5.82 Å². The minimum atomic E-state index is -1.70. The summed E-state index contributed by atoms with van der Waals surface area (Å²) in [5, 5.41) is 0.462. The highest BCUT2D eigenvalue weighted by Crippen LogP contribution is 2.27. The van der Waals surface area contributed by atoms with Gasteiger partial charge in [-0.05, 0) is 31.8 Å². The van der Waals surface area contributed by atoms with Crippen molar-refractivity contribution < 1.29 is 8.82 Å². The van der Waals surface area contributed by atoms with E-state index in [0.717, 1.165) is 0 Å². The lowest BCUT2D eigenvalue weighted by molar-refractivity contribution is 0.545. The van der Waals surface area contributed by atoms with Crippen molar-refractivity contribution in [3.63, 3.8) is 0 Å². The molecule has 0 bridgehead atoms. The maximum Gasteiger partial charge on any atom is 0.242 e. The van der Waals surface area contributed by atoms with Crippen molar-refractivity contribution in [1.82, 2.24) is 0 Å². The van der Waals surface area contributed by atoms with Crippen LogP contribution in [0.1, 0.15) is 0 Å². The zero-order valence-corrected chi connectivity index (χ0v) is 9.65. The summed E-state index contributed by atoms with van der Waals surface area (Å²) in [5.74, 6) is 0.124. The van der Waals surface area contributed by atoms with Crippen LogP contribution >= 0.6 is 11.6 Å². The molecule has 0 aliphatic carbocycles. The first-order chi connectivity index (χ1) is 5.88. The van der Waals surface area contributed by atoms with E-state index in [1.54, 1.807) is 0 Å². The summed E-state index contributed by atoms with van der Waals surface area (Å²) in [6.07, 6.45) is 0. The van der Waals surface area contributed by atoms with Crippen LogP contribution < -0.4 is 4.43 Å². The lowest BCUT2D eigenvalue weighted by Gasteiger charge is -2.19. The van der Waals surface area contributed by atoms with E-state index in [-0.39, 0.29) is 5.82 Å². The summed E-state index contributed by atoms with van der Waals surface area (Å²) in [7, 11) is -1.70. The van der Waals surface area contributed by atoms with Crippen LogP contribution in [-0.4, -0.2) is 8.32 Å². The first kappa shape index (κ1) is 10.5. The fraction of sp³-hybridized carbons (Fsp3) is 0.333. The van der Waals surface area contributed by atoms with Crippen LogP contribution in [0.2, 0.25) is 24.7 Å². The highest BCUT2D eigenvalue weighted by Gasteiger charge is 2.18. The van der Waals surface area contributed by atoms with Gasteiger partial charge in [0.2, 0.25) is 8.32 Å². The minimum Gasteiger partial charge on any atom is -0.543 e. The second-order valence-corrected chi connectivity index (χ2v) is 8.63. The third kappa shape index (κ3) is 3.36. The molecule has 72 valence electrons. The molecule has 0 N–H and O–H groups in total. The molecule has 0 amide bonds. The molecular formula is C9H12ClFOSi. The van der Waals surface area contributed by atoms with Crippen molar-refractivity contribution >= 4 is 19.9 Å². The fourth-order valence-corrected chi connectivity index (χ4v) is 1.93. The molecule has 0 aliphatic rings. The second-order valence-electron chi connectivity index (χ2n) is 3.79. The fourth-order valence-electron chi connectivity index (χ4n) is 0.885. The zero-order valence-electron chi connectivity index (χ0n) is 7.90. The molecule has 1 rings (SSSR count). The standard InChI is InChI=1S/C9H12ClFOSi/c1-13(2,3)12-9-6-7(11)4-5-8(9)10/h4-6H,1-3H3. The first-order valence-electron chi connectivity index (χ1n) is 4.02. The normalized spacial score (nSPS) is 11.5. The van der Waals surface area contributed by atoms with Crippen molar-refractivity contribution in [2.24, 2.45) is 0 Å². The Hall–Kier alpha value is -0.543. The van der Waals surface area contributed by atoms with Crippen molar-refractivity contribution in [2.75, 3.05) is 0 Å². The third-order valence-corrected chi connectivity index (χ3v) is 2.45. The molecule has 0 saturated carbocycles. The molecule has 1 nitrogen and oxygen atoms in total. The Morgan fingerprint density at radius 2 is 1.92 bits per heavy atom. The predicted octanol–water partition coefficient (Wildman–Crippen LogP) is 3.69. The number of hydrogen-bond acceptors (Lipinski definition) is 1. The number of benzene rings is 1. The Morgan fingerprint density at radius 1 is 1.31 bits per heavy atom. The summed E-state index contributed by atoms with van der Waals surface area (Å²) in [4.78, 5) is 0. The van der Waals surface area contributed by atoms with Gasteiger partial charge in [-0.3, -0.25) is 0 Å². The SMILES string of the molecule is C[Si](C)(C)Oc1cc(F)ccc1Cl. The molecule has 4 heteroatoms. The van der Waals surface area contributed by atoms with Gasteiger partial charge in [-0.15, -0.1) is 0 Å². The molecule has 0 spiro atoms. The molecule has 0 radical (unpaired) electrons. The van der Waals surface area contributed by atoms with Gasteiger partial charge >= 0.3 is 0 Å². The van der Waals surface area contributed by atoms with Gasteiger partial charge in [-0.1, -0.05) is 11.6 Å². The summed E-state index contributed by atoms with van der Waals surface area (Å²) < 4.78 is 18.4. The van der Waals surface area contributed by atoms with Gasteiger partial charge in [0, 0.05) is 6.07 Å². The number of hydrogen-bond donors (Lipinski definition) is 0. The maximum absolute atomic E-state index is 12.8. The molecule has 0 aromatic heterocycles. The third-order valence-electron chi connectivity index (χ3n) is 1.31. The number of halogens is 2. The van der Waals surface area contributed by atoms with Crippen molar-refractivity contribution in [3.05, 3.63) is 29.0 Å². The molecule has 0 saturated heterocycles. The smallest absolute Gasteiger partial charge is 0.242 e. The van der Waals surface area contributed by atoms with Crippen molar-refractivity contribution in [1.29, 1.82) is 0 Å². The van der Waals surface area contributed by atoms with Gasteiger partial charge in [0.25, 0.3) is 0 Å². The molecule has 0 atom stereocenters. The van der Waals surface area contributed by atoms with Crippen LogP contribution in [0.5, 0.6) is 5.75 Å². The number of rotatable bonds is 2. The minimum absolute atomic E-state index is 0.322. The summed E-state index contributed by atoms with van der Waals surface area (Å²) in [6, 6.07) is 4.15. The van der Waals surface area contributed by atoms with Gasteiger partial charge in [0.05, 0.1) is 5.02 Å². The summed E-state index contributed by atoms with van der Waals surface area (Å²) in [6.45, 7) is 6.07. The van der Waals surface area contributed by atoms with Gasteiger partial charge in [-0.2, -0.15) is 0 Å². The van der Waals surface area contributed by atoms with Crippen LogP contribution in [0.4, 0.5) is 4.39 Å². The molecule has 1 aromatic carbocycles. The highest BCUT2D eigenvalue weighted by molar-refractivity contribution is 6.70. The molecule has 1 aromatic rings. The predicted molar refractivity (Wildman–Crippen MR) is 55.4 cm³/mol. The van der Waals surface area contributed by atoms with Crippen LogP contribution in [0.3, 0.4) is 0 Å². The van der Waals surface area contributed by atoms with E-state index in [4.69, 9.17) is 16.0 Å². The van der Waals surface area contributed by atoms with Gasteiger partial charge in [0.15, 0.2) is 0 Å². The lowest BCUT2D eigenvalue weighted by Crippen LogP contribution is -2.29. The zero-order chi connectivity index (χ0) is 10.1. The van der Waals surface area contributed by atoms with E-state index >= 15 is 0 Å². The first-order valence-corrected chi connectivity index (χ1v) is 7.81. The molecule has 0 unspecified atom stereocenters. The summed E-state index contributed by atoms with van der Waals surface area (Å²) in [5.41, 5.74) is 0. The molecular weight excluding hydrogens is 207 g/mol. The van der Waals surface area contributed by atoms with Gasteiger partial charge in [-0.25, -0.2) is 4.39 Å². The maximum atomic E-state index is 12.8. The molecule has 0 aliphatic heterocycles. The van der Waals surface area contributed by atoms with E-state index in [2.05, 4.69) is 0 Å². The Bertz CT molecular complexity index is 309. The molecule has 13 heavy (non-hydrogen) atoms. The molecule has 0 fully saturated rings. The van der Waals surface area contributed by atoms with Gasteiger partial charge < -0.3 is 4.43 Å². The second kappa shape index (κ2) is 3.68. The molecule has 0 heterocycles. The van der Waals surface area contributed by atoms with E-state index in [1.807, 2.05) is 19.6 Å². The highest BCUT2D eigenvalue weighted by atomic mass is 35.5. The van der Waals surface area contributed by atoms with E-state index in [9.17, 15) is 4.39 Å². The van der Waals surface area contributed by atoms with E-state index in [1.165, 1.54) is 18.2 Å². The van der Waals surface area contributed by atoms with Crippen LogP contribution in [0.25, 0.3) is 0 Å². The average molecular weight is 219 g/mol. The van der Waals surface area contributed by atoms with E-state index < -0.39 is 8.32 Å². The van der Waals surface area contributed by atoms with Crippen molar-refractivity contribution in [2.45, 2.75) is 19.6 Å². The Balaban J connectivity index is 2.94. The Labute approximate surface area is 83.6 Å². The largest absolute Gasteiger partial charge is 0.543 e. The topological polar surface area (TPSA) is 9.23 Å². The lowest BCUT2D eigenvalue weighted by atomic mass is 10.3.